The van der Waals surface area contributed by atoms with Gasteiger partial charge in [-0.15, -0.1) is 0 Å². The molecule has 1 amide bonds. The number of hydrogen-bond acceptors (Lipinski definition) is 4. The van der Waals surface area contributed by atoms with Crippen LogP contribution in [0.2, 0.25) is 5.02 Å². The standard InChI is InChI=1S/C17H19ClN4O/c18-15-12-19-7-6-16(15)20-13-17(23)22-10-8-21(9-11-22)14-4-2-1-3-5-14/h1-7,12H,8-11,13H2,(H,19,20). The first kappa shape index (κ1) is 15.6. The molecular formula is C17H19ClN4O. The largest absolute Gasteiger partial charge is 0.375 e. The normalized spacial score (nSPS) is 14.7. The molecule has 2 heterocycles. The number of benzene rings is 1. The number of hydrogen-bond donors (Lipinski definition) is 1. The van der Waals surface area contributed by atoms with Crippen molar-refractivity contribution in [1.82, 2.24) is 9.88 Å². The van der Waals surface area contributed by atoms with Crippen LogP contribution in [0.25, 0.3) is 0 Å². The Morgan fingerprint density at radius 1 is 1.13 bits per heavy atom. The fourth-order valence-corrected chi connectivity index (χ4v) is 2.84. The van der Waals surface area contributed by atoms with E-state index in [1.165, 1.54) is 5.69 Å². The summed E-state index contributed by atoms with van der Waals surface area (Å²) in [5.74, 6) is 0.0885. The minimum atomic E-state index is 0.0885. The maximum Gasteiger partial charge on any atom is 0.241 e. The number of amides is 1. The molecule has 0 bridgehead atoms. The lowest BCUT2D eigenvalue weighted by molar-refractivity contribution is -0.129. The molecule has 1 N–H and O–H groups in total. The van der Waals surface area contributed by atoms with Crippen molar-refractivity contribution in [2.24, 2.45) is 0 Å². The van der Waals surface area contributed by atoms with Gasteiger partial charge in [0.25, 0.3) is 0 Å². The van der Waals surface area contributed by atoms with Crippen molar-refractivity contribution in [2.45, 2.75) is 0 Å². The van der Waals surface area contributed by atoms with Gasteiger partial charge in [0.05, 0.1) is 17.3 Å². The molecule has 0 radical (unpaired) electrons. The third-order valence-electron chi connectivity index (χ3n) is 3.96. The van der Waals surface area contributed by atoms with Crippen LogP contribution >= 0.6 is 11.6 Å². The van der Waals surface area contributed by atoms with Gasteiger partial charge in [-0.2, -0.15) is 0 Å². The molecule has 6 heteroatoms. The van der Waals surface area contributed by atoms with Gasteiger partial charge in [0.1, 0.15) is 0 Å². The van der Waals surface area contributed by atoms with E-state index < -0.39 is 0 Å². The Bertz CT molecular complexity index is 657. The molecule has 0 unspecified atom stereocenters. The molecule has 0 atom stereocenters. The molecule has 1 aromatic heterocycles. The van der Waals surface area contributed by atoms with E-state index in [9.17, 15) is 4.79 Å². The van der Waals surface area contributed by atoms with Crippen LogP contribution in [0.3, 0.4) is 0 Å². The van der Waals surface area contributed by atoms with Crippen LogP contribution in [0.15, 0.2) is 48.8 Å². The van der Waals surface area contributed by atoms with E-state index in [2.05, 4.69) is 27.3 Å². The first-order chi connectivity index (χ1) is 11.2. The van der Waals surface area contributed by atoms with E-state index in [4.69, 9.17) is 11.6 Å². The third kappa shape index (κ3) is 3.93. The lowest BCUT2D eigenvalue weighted by Gasteiger charge is -2.36. The van der Waals surface area contributed by atoms with Crippen molar-refractivity contribution in [3.8, 4) is 0 Å². The van der Waals surface area contributed by atoms with Gasteiger partial charge in [-0.05, 0) is 18.2 Å². The molecule has 2 aromatic rings. The summed E-state index contributed by atoms with van der Waals surface area (Å²) < 4.78 is 0. The van der Waals surface area contributed by atoms with Crippen LogP contribution < -0.4 is 10.2 Å². The van der Waals surface area contributed by atoms with Gasteiger partial charge in [-0.25, -0.2) is 0 Å². The summed E-state index contributed by atoms with van der Waals surface area (Å²) in [6.45, 7) is 3.42. The number of para-hydroxylation sites is 1. The molecule has 0 saturated carbocycles. The average molecular weight is 331 g/mol. The highest BCUT2D eigenvalue weighted by Gasteiger charge is 2.21. The van der Waals surface area contributed by atoms with Crippen molar-refractivity contribution in [2.75, 3.05) is 42.9 Å². The predicted octanol–water partition coefficient (Wildman–Crippen LogP) is 2.50. The number of aromatic nitrogens is 1. The number of nitrogens with one attached hydrogen (secondary N) is 1. The lowest BCUT2D eigenvalue weighted by Crippen LogP contribution is -2.50. The SMILES string of the molecule is O=C(CNc1ccncc1Cl)N1CCN(c2ccccc2)CC1. The number of piperazine rings is 1. The van der Waals surface area contributed by atoms with Crippen LogP contribution in [0.1, 0.15) is 0 Å². The lowest BCUT2D eigenvalue weighted by atomic mass is 10.2. The highest BCUT2D eigenvalue weighted by Crippen LogP contribution is 2.19. The number of carbonyl (C=O) groups is 1. The van der Waals surface area contributed by atoms with Gasteiger partial charge in [0.15, 0.2) is 0 Å². The summed E-state index contributed by atoms with van der Waals surface area (Å²) in [4.78, 5) is 20.4. The van der Waals surface area contributed by atoms with Crippen molar-refractivity contribution >= 4 is 28.9 Å². The van der Waals surface area contributed by atoms with E-state index in [-0.39, 0.29) is 12.5 Å². The molecule has 1 saturated heterocycles. The van der Waals surface area contributed by atoms with Crippen molar-refractivity contribution in [1.29, 1.82) is 0 Å². The Hall–Kier alpha value is -2.27. The molecule has 120 valence electrons. The zero-order valence-corrected chi connectivity index (χ0v) is 13.5. The Morgan fingerprint density at radius 2 is 1.87 bits per heavy atom. The third-order valence-corrected chi connectivity index (χ3v) is 4.26. The summed E-state index contributed by atoms with van der Waals surface area (Å²) in [5.41, 5.74) is 1.94. The molecular weight excluding hydrogens is 312 g/mol. The van der Waals surface area contributed by atoms with Crippen LogP contribution in [-0.2, 0) is 4.79 Å². The van der Waals surface area contributed by atoms with E-state index >= 15 is 0 Å². The Kier molecular flexibility index (Phi) is 4.98. The quantitative estimate of drug-likeness (QED) is 0.935. The van der Waals surface area contributed by atoms with Crippen molar-refractivity contribution in [3.05, 3.63) is 53.8 Å². The van der Waals surface area contributed by atoms with E-state index in [1.807, 2.05) is 23.1 Å². The maximum absolute atomic E-state index is 12.3. The number of halogens is 1. The van der Waals surface area contributed by atoms with Gasteiger partial charge < -0.3 is 15.1 Å². The van der Waals surface area contributed by atoms with Gasteiger partial charge in [-0.3, -0.25) is 9.78 Å². The second-order valence-electron chi connectivity index (χ2n) is 5.41. The highest BCUT2D eigenvalue weighted by molar-refractivity contribution is 6.33. The summed E-state index contributed by atoms with van der Waals surface area (Å²) in [6, 6.07) is 12.1. The number of nitrogens with zero attached hydrogens (tertiary/aromatic N) is 3. The van der Waals surface area contributed by atoms with Crippen LogP contribution in [0.5, 0.6) is 0 Å². The topological polar surface area (TPSA) is 48.5 Å². The molecule has 5 nitrogen and oxygen atoms in total. The maximum atomic E-state index is 12.3. The van der Waals surface area contributed by atoms with Gasteiger partial charge >= 0.3 is 0 Å². The average Bonchev–Trinajstić information content (AvgIpc) is 2.62. The molecule has 1 aromatic carbocycles. The molecule has 0 spiro atoms. The molecule has 23 heavy (non-hydrogen) atoms. The summed E-state index contributed by atoms with van der Waals surface area (Å²) in [6.07, 6.45) is 3.21. The van der Waals surface area contributed by atoms with E-state index in [0.29, 0.717) is 5.02 Å². The minimum absolute atomic E-state index is 0.0885. The second-order valence-corrected chi connectivity index (χ2v) is 5.82. The number of rotatable bonds is 4. The van der Waals surface area contributed by atoms with Gasteiger partial charge in [-0.1, -0.05) is 29.8 Å². The van der Waals surface area contributed by atoms with Gasteiger partial charge in [0.2, 0.25) is 5.91 Å². The van der Waals surface area contributed by atoms with Crippen LogP contribution in [0, 0.1) is 0 Å². The molecule has 0 aliphatic carbocycles. The minimum Gasteiger partial charge on any atom is -0.375 e. The van der Waals surface area contributed by atoms with Crippen molar-refractivity contribution in [3.63, 3.8) is 0 Å². The second kappa shape index (κ2) is 7.33. The van der Waals surface area contributed by atoms with Crippen molar-refractivity contribution < 1.29 is 4.79 Å². The van der Waals surface area contributed by atoms with E-state index in [1.54, 1.807) is 18.5 Å². The molecule has 1 fully saturated rings. The molecule has 1 aliphatic heterocycles. The van der Waals surface area contributed by atoms with Crippen LogP contribution in [0.4, 0.5) is 11.4 Å². The number of carbonyl (C=O) groups excluding carboxylic acids is 1. The zero-order valence-electron chi connectivity index (χ0n) is 12.8. The fraction of sp³-hybridized carbons (Fsp3) is 0.294. The Morgan fingerprint density at radius 3 is 2.57 bits per heavy atom. The predicted molar refractivity (Wildman–Crippen MR) is 93.0 cm³/mol. The zero-order chi connectivity index (χ0) is 16.1. The summed E-state index contributed by atoms with van der Waals surface area (Å²) in [7, 11) is 0. The monoisotopic (exact) mass is 330 g/mol. The molecule has 3 rings (SSSR count). The fourth-order valence-electron chi connectivity index (χ4n) is 2.65. The van der Waals surface area contributed by atoms with Gasteiger partial charge in [0, 0.05) is 44.3 Å². The first-order valence-corrected chi connectivity index (χ1v) is 8.03. The number of anilines is 2. The first-order valence-electron chi connectivity index (χ1n) is 7.65. The Balaban J connectivity index is 1.50. The Labute approximate surface area is 140 Å². The molecule has 1 aliphatic rings. The highest BCUT2D eigenvalue weighted by atomic mass is 35.5. The smallest absolute Gasteiger partial charge is 0.241 e. The van der Waals surface area contributed by atoms with E-state index in [0.717, 1.165) is 31.9 Å². The summed E-state index contributed by atoms with van der Waals surface area (Å²) in [5, 5.41) is 3.60. The summed E-state index contributed by atoms with van der Waals surface area (Å²) >= 11 is 6.02. The number of pyridine rings is 1. The van der Waals surface area contributed by atoms with Crippen LogP contribution in [-0.4, -0.2) is 48.5 Å².